The molecule has 1 aromatic carbocycles. The third-order valence-corrected chi connectivity index (χ3v) is 6.06. The highest BCUT2D eigenvalue weighted by molar-refractivity contribution is 14.0. The van der Waals surface area contributed by atoms with Gasteiger partial charge in [-0.3, -0.25) is 9.89 Å². The highest BCUT2D eigenvalue weighted by Gasteiger charge is 2.29. The fraction of sp³-hybridized carbons (Fsp3) is 0.611. The molecule has 166 valence electrons. The third-order valence-electron chi connectivity index (χ3n) is 4.45. The maximum atomic E-state index is 12.6. The predicted octanol–water partition coefficient (Wildman–Crippen LogP) is 2.15. The van der Waals surface area contributed by atoms with E-state index in [1.54, 1.807) is 0 Å². The molecule has 1 saturated heterocycles. The van der Waals surface area contributed by atoms with Crippen molar-refractivity contribution in [2.75, 3.05) is 50.8 Å². The Hall–Kier alpha value is -1.08. The molecule has 2 N–H and O–H groups in total. The summed E-state index contributed by atoms with van der Waals surface area (Å²) in [6, 6.07) is 5.15. The summed E-state index contributed by atoms with van der Waals surface area (Å²) in [7, 11) is -2.88. The number of alkyl halides is 3. The SMILES string of the molecule is CCNC(=NCCN1CCS(=O)(=O)CC1)NCCc1ccc(C(F)(F)F)cc1.I. The van der Waals surface area contributed by atoms with Crippen LogP contribution in [0.1, 0.15) is 18.1 Å². The van der Waals surface area contributed by atoms with Gasteiger partial charge < -0.3 is 10.6 Å². The van der Waals surface area contributed by atoms with E-state index in [0.717, 1.165) is 17.7 Å². The molecule has 1 fully saturated rings. The van der Waals surface area contributed by atoms with E-state index in [9.17, 15) is 21.6 Å². The summed E-state index contributed by atoms with van der Waals surface area (Å²) in [5, 5.41) is 6.29. The van der Waals surface area contributed by atoms with Crippen LogP contribution >= 0.6 is 24.0 Å². The Labute approximate surface area is 187 Å². The zero-order valence-corrected chi connectivity index (χ0v) is 19.5. The van der Waals surface area contributed by atoms with Gasteiger partial charge in [-0.1, -0.05) is 12.1 Å². The first kappa shape index (κ1) is 26.0. The minimum atomic E-state index is -4.32. The molecule has 29 heavy (non-hydrogen) atoms. The molecule has 0 saturated carbocycles. The standard InChI is InChI=1S/C18H27F3N4O2S.HI/c1-2-22-17(24-9-10-25-11-13-28(26,27)14-12-25)23-8-7-15-3-5-16(6-4-15)18(19,20)21;/h3-6H,2,7-14H2,1H3,(H2,22,23,24);1H. The highest BCUT2D eigenvalue weighted by atomic mass is 127. The minimum Gasteiger partial charge on any atom is -0.357 e. The summed E-state index contributed by atoms with van der Waals surface area (Å²) in [4.78, 5) is 6.56. The minimum absolute atomic E-state index is 0. The molecule has 11 heteroatoms. The van der Waals surface area contributed by atoms with Gasteiger partial charge in [-0.25, -0.2) is 8.42 Å². The normalized spacial score (nSPS) is 17.4. The summed E-state index contributed by atoms with van der Waals surface area (Å²) >= 11 is 0. The summed E-state index contributed by atoms with van der Waals surface area (Å²) in [6.45, 7) is 5.47. The van der Waals surface area contributed by atoms with E-state index in [1.165, 1.54) is 12.1 Å². The molecule has 1 aliphatic heterocycles. The van der Waals surface area contributed by atoms with Gasteiger partial charge in [-0.2, -0.15) is 13.2 Å². The number of hydrogen-bond acceptors (Lipinski definition) is 4. The van der Waals surface area contributed by atoms with E-state index in [4.69, 9.17) is 0 Å². The molecule has 1 heterocycles. The number of nitrogens with zero attached hydrogens (tertiary/aromatic N) is 2. The fourth-order valence-corrected chi connectivity index (χ4v) is 4.08. The van der Waals surface area contributed by atoms with Gasteiger partial charge >= 0.3 is 6.18 Å². The van der Waals surface area contributed by atoms with Crippen LogP contribution in [0.15, 0.2) is 29.3 Å². The Kier molecular flexibility index (Phi) is 10.7. The number of hydrogen-bond donors (Lipinski definition) is 2. The first-order valence-corrected chi connectivity index (χ1v) is 11.1. The van der Waals surface area contributed by atoms with E-state index in [-0.39, 0.29) is 35.5 Å². The van der Waals surface area contributed by atoms with Gasteiger partial charge in [-0.05, 0) is 31.0 Å². The lowest BCUT2D eigenvalue weighted by Gasteiger charge is -2.25. The second-order valence-corrected chi connectivity index (χ2v) is 8.93. The first-order chi connectivity index (χ1) is 13.2. The van der Waals surface area contributed by atoms with E-state index in [2.05, 4.69) is 20.5 Å². The monoisotopic (exact) mass is 548 g/mol. The smallest absolute Gasteiger partial charge is 0.357 e. The molecule has 0 radical (unpaired) electrons. The van der Waals surface area contributed by atoms with Gasteiger partial charge in [0, 0.05) is 32.7 Å². The molecule has 0 amide bonds. The molecule has 0 spiro atoms. The van der Waals surface area contributed by atoms with Crippen LogP contribution in [0.3, 0.4) is 0 Å². The number of nitrogens with one attached hydrogen (secondary N) is 2. The molecule has 0 bridgehead atoms. The molecule has 1 aliphatic rings. The Morgan fingerprint density at radius 1 is 1.14 bits per heavy atom. The largest absolute Gasteiger partial charge is 0.416 e. The second kappa shape index (κ2) is 11.9. The van der Waals surface area contributed by atoms with Crippen molar-refractivity contribution in [2.24, 2.45) is 4.99 Å². The van der Waals surface area contributed by atoms with Gasteiger partial charge in [0.1, 0.15) is 0 Å². The van der Waals surface area contributed by atoms with Crippen LogP contribution in [0.5, 0.6) is 0 Å². The van der Waals surface area contributed by atoms with Gasteiger partial charge in [0.15, 0.2) is 15.8 Å². The van der Waals surface area contributed by atoms with Crippen molar-refractivity contribution in [1.82, 2.24) is 15.5 Å². The maximum absolute atomic E-state index is 12.6. The van der Waals surface area contributed by atoms with Crippen LogP contribution in [0.25, 0.3) is 0 Å². The van der Waals surface area contributed by atoms with Crippen molar-refractivity contribution in [1.29, 1.82) is 0 Å². The van der Waals surface area contributed by atoms with Gasteiger partial charge in [0.2, 0.25) is 0 Å². The van der Waals surface area contributed by atoms with Crippen LogP contribution in [0, 0.1) is 0 Å². The van der Waals surface area contributed by atoms with Crippen molar-refractivity contribution in [3.63, 3.8) is 0 Å². The summed E-state index contributed by atoms with van der Waals surface area (Å²) in [6.07, 6.45) is -3.74. The number of rotatable bonds is 7. The molecule has 0 unspecified atom stereocenters. The molecule has 0 aliphatic carbocycles. The van der Waals surface area contributed by atoms with Crippen molar-refractivity contribution in [2.45, 2.75) is 19.5 Å². The number of benzene rings is 1. The summed E-state index contributed by atoms with van der Waals surface area (Å²) in [5.41, 5.74) is 0.162. The number of sulfone groups is 1. The van der Waals surface area contributed by atoms with E-state index in [0.29, 0.717) is 51.6 Å². The topological polar surface area (TPSA) is 73.8 Å². The van der Waals surface area contributed by atoms with Crippen LogP contribution in [0.2, 0.25) is 0 Å². The second-order valence-electron chi connectivity index (χ2n) is 6.63. The molecule has 6 nitrogen and oxygen atoms in total. The van der Waals surface area contributed by atoms with Crippen molar-refractivity contribution in [3.05, 3.63) is 35.4 Å². The van der Waals surface area contributed by atoms with Crippen molar-refractivity contribution >= 4 is 39.8 Å². The molecule has 0 atom stereocenters. The molecule has 0 aromatic heterocycles. The maximum Gasteiger partial charge on any atom is 0.416 e. The Balaban J connectivity index is 0.00000420. The average molecular weight is 548 g/mol. The zero-order valence-electron chi connectivity index (χ0n) is 16.3. The van der Waals surface area contributed by atoms with E-state index < -0.39 is 21.6 Å². The van der Waals surface area contributed by atoms with Crippen molar-refractivity contribution in [3.8, 4) is 0 Å². The lowest BCUT2D eigenvalue weighted by molar-refractivity contribution is -0.137. The summed E-state index contributed by atoms with van der Waals surface area (Å²) < 4.78 is 60.6. The van der Waals surface area contributed by atoms with Gasteiger partial charge in [-0.15, -0.1) is 24.0 Å². The van der Waals surface area contributed by atoms with Crippen LogP contribution in [-0.4, -0.2) is 70.1 Å². The Morgan fingerprint density at radius 2 is 1.76 bits per heavy atom. The zero-order chi connectivity index (χ0) is 20.6. The average Bonchev–Trinajstić information content (AvgIpc) is 2.63. The quantitative estimate of drug-likeness (QED) is 0.311. The third kappa shape index (κ3) is 9.51. The molecular formula is C18H28F3IN4O2S. The Morgan fingerprint density at radius 3 is 2.31 bits per heavy atom. The Bertz CT molecular complexity index is 741. The van der Waals surface area contributed by atoms with Gasteiger partial charge in [0.05, 0.1) is 23.6 Å². The van der Waals surface area contributed by atoms with Crippen LogP contribution in [-0.2, 0) is 22.4 Å². The predicted molar refractivity (Wildman–Crippen MR) is 120 cm³/mol. The van der Waals surface area contributed by atoms with Crippen LogP contribution in [0.4, 0.5) is 13.2 Å². The number of guanidine groups is 1. The molecular weight excluding hydrogens is 520 g/mol. The van der Waals surface area contributed by atoms with E-state index >= 15 is 0 Å². The lowest BCUT2D eigenvalue weighted by Crippen LogP contribution is -2.42. The molecule has 2 rings (SSSR count). The number of aliphatic imine (C=N–C) groups is 1. The van der Waals surface area contributed by atoms with Crippen LogP contribution < -0.4 is 10.6 Å². The molecule has 1 aromatic rings. The van der Waals surface area contributed by atoms with Gasteiger partial charge in [0.25, 0.3) is 0 Å². The summed E-state index contributed by atoms with van der Waals surface area (Å²) in [5.74, 6) is 1.03. The number of halogens is 4. The highest BCUT2D eigenvalue weighted by Crippen LogP contribution is 2.29. The van der Waals surface area contributed by atoms with Crippen molar-refractivity contribution < 1.29 is 21.6 Å². The fourth-order valence-electron chi connectivity index (χ4n) is 2.80. The first-order valence-electron chi connectivity index (χ1n) is 9.31. The van der Waals surface area contributed by atoms with E-state index in [1.807, 2.05) is 6.92 Å². The lowest BCUT2D eigenvalue weighted by atomic mass is 10.1.